The quantitative estimate of drug-likeness (QED) is 0.819. The molecule has 5 nitrogen and oxygen atoms in total. The standard InChI is InChI=1S/C12H16N4O/c13-11-9-4-5-16(12(9)15-7-14-11)10-3-1-2-8(10)6-17/h4-5,7-8,10,17H,1-3,6H2,(H2,13,14,15)/t8-,10-/m0/s1. The van der Waals surface area contributed by atoms with Crippen LogP contribution in [0.3, 0.4) is 0 Å². The summed E-state index contributed by atoms with van der Waals surface area (Å²) in [5.74, 6) is 0.856. The molecule has 0 aliphatic heterocycles. The average molecular weight is 232 g/mol. The molecule has 0 aromatic carbocycles. The molecule has 0 bridgehead atoms. The Morgan fingerprint density at radius 3 is 3.12 bits per heavy atom. The van der Waals surface area contributed by atoms with E-state index in [1.54, 1.807) is 0 Å². The maximum Gasteiger partial charge on any atom is 0.145 e. The fraction of sp³-hybridized carbons (Fsp3) is 0.500. The normalized spacial score (nSPS) is 24.5. The highest BCUT2D eigenvalue weighted by atomic mass is 16.3. The molecule has 0 unspecified atom stereocenters. The van der Waals surface area contributed by atoms with Gasteiger partial charge in [0, 0.05) is 24.8 Å². The number of nitrogens with zero attached hydrogens (tertiary/aromatic N) is 3. The number of aliphatic hydroxyl groups is 1. The van der Waals surface area contributed by atoms with Crippen molar-refractivity contribution in [1.82, 2.24) is 14.5 Å². The summed E-state index contributed by atoms with van der Waals surface area (Å²) in [5.41, 5.74) is 6.70. The van der Waals surface area contributed by atoms with E-state index >= 15 is 0 Å². The Kier molecular flexibility index (Phi) is 2.48. The fourth-order valence-corrected chi connectivity index (χ4v) is 2.85. The maximum absolute atomic E-state index is 9.39. The molecule has 0 saturated heterocycles. The smallest absolute Gasteiger partial charge is 0.145 e. The monoisotopic (exact) mass is 232 g/mol. The third kappa shape index (κ3) is 1.58. The van der Waals surface area contributed by atoms with E-state index in [2.05, 4.69) is 14.5 Å². The van der Waals surface area contributed by atoms with Crippen LogP contribution in [0.15, 0.2) is 18.6 Å². The molecule has 17 heavy (non-hydrogen) atoms. The zero-order valence-corrected chi connectivity index (χ0v) is 9.58. The van der Waals surface area contributed by atoms with Gasteiger partial charge in [-0.25, -0.2) is 9.97 Å². The maximum atomic E-state index is 9.39. The van der Waals surface area contributed by atoms with Gasteiger partial charge < -0.3 is 15.4 Å². The Morgan fingerprint density at radius 1 is 1.41 bits per heavy atom. The molecule has 0 amide bonds. The zero-order chi connectivity index (χ0) is 11.8. The molecular weight excluding hydrogens is 216 g/mol. The van der Waals surface area contributed by atoms with Crippen molar-refractivity contribution in [2.75, 3.05) is 12.3 Å². The lowest BCUT2D eigenvalue weighted by atomic mass is 10.1. The van der Waals surface area contributed by atoms with Gasteiger partial charge in [-0.2, -0.15) is 0 Å². The largest absolute Gasteiger partial charge is 0.396 e. The predicted molar refractivity (Wildman–Crippen MR) is 65.4 cm³/mol. The van der Waals surface area contributed by atoms with Crippen molar-refractivity contribution in [3.05, 3.63) is 18.6 Å². The van der Waals surface area contributed by atoms with Crippen LogP contribution < -0.4 is 5.73 Å². The summed E-state index contributed by atoms with van der Waals surface area (Å²) in [5, 5.41) is 10.3. The third-order valence-electron chi connectivity index (χ3n) is 3.75. The number of anilines is 1. The van der Waals surface area contributed by atoms with Gasteiger partial charge in [0.1, 0.15) is 17.8 Å². The van der Waals surface area contributed by atoms with Crippen molar-refractivity contribution < 1.29 is 5.11 Å². The van der Waals surface area contributed by atoms with Crippen LogP contribution in [0.1, 0.15) is 25.3 Å². The lowest BCUT2D eigenvalue weighted by Crippen LogP contribution is -2.16. The van der Waals surface area contributed by atoms with Crippen LogP contribution in [-0.4, -0.2) is 26.2 Å². The average Bonchev–Trinajstić information content (AvgIpc) is 2.94. The van der Waals surface area contributed by atoms with Gasteiger partial charge in [-0.1, -0.05) is 6.42 Å². The SMILES string of the molecule is Nc1ncnc2c1ccn2[C@H]1CCC[C@H]1CO. The number of rotatable bonds is 2. The second kappa shape index (κ2) is 4.00. The van der Waals surface area contributed by atoms with E-state index < -0.39 is 0 Å². The Balaban J connectivity index is 2.09. The van der Waals surface area contributed by atoms with E-state index in [-0.39, 0.29) is 6.61 Å². The molecule has 2 aromatic rings. The Morgan fingerprint density at radius 2 is 2.29 bits per heavy atom. The van der Waals surface area contributed by atoms with Gasteiger partial charge in [-0.3, -0.25) is 0 Å². The second-order valence-electron chi connectivity index (χ2n) is 4.66. The van der Waals surface area contributed by atoms with Crippen molar-refractivity contribution in [2.45, 2.75) is 25.3 Å². The first-order valence-corrected chi connectivity index (χ1v) is 5.99. The highest BCUT2D eigenvalue weighted by molar-refractivity contribution is 5.86. The van der Waals surface area contributed by atoms with Crippen LogP contribution >= 0.6 is 0 Å². The number of aliphatic hydroxyl groups excluding tert-OH is 1. The summed E-state index contributed by atoms with van der Waals surface area (Å²) < 4.78 is 2.14. The Hall–Kier alpha value is -1.62. The summed E-state index contributed by atoms with van der Waals surface area (Å²) in [6, 6.07) is 2.30. The van der Waals surface area contributed by atoms with E-state index in [9.17, 15) is 5.11 Å². The van der Waals surface area contributed by atoms with E-state index in [0.29, 0.717) is 17.8 Å². The summed E-state index contributed by atoms with van der Waals surface area (Å²) in [7, 11) is 0. The number of fused-ring (bicyclic) bond motifs is 1. The van der Waals surface area contributed by atoms with Crippen LogP contribution in [0.2, 0.25) is 0 Å². The zero-order valence-electron chi connectivity index (χ0n) is 9.58. The van der Waals surface area contributed by atoms with E-state index in [1.165, 1.54) is 6.33 Å². The molecule has 0 spiro atoms. The molecule has 2 aromatic heterocycles. The molecule has 1 aliphatic carbocycles. The Labute approximate surface area is 99.3 Å². The minimum absolute atomic E-state index is 0.241. The van der Waals surface area contributed by atoms with Crippen molar-refractivity contribution in [2.24, 2.45) is 5.92 Å². The van der Waals surface area contributed by atoms with Crippen LogP contribution in [-0.2, 0) is 0 Å². The first-order chi connectivity index (χ1) is 8.31. The predicted octanol–water partition coefficient (Wildman–Crippen LogP) is 1.35. The molecule has 3 N–H and O–H groups in total. The van der Waals surface area contributed by atoms with Crippen molar-refractivity contribution in [1.29, 1.82) is 0 Å². The lowest BCUT2D eigenvalue weighted by Gasteiger charge is -2.19. The molecule has 0 radical (unpaired) electrons. The molecule has 1 aliphatic rings. The summed E-state index contributed by atoms with van der Waals surface area (Å²) in [6.45, 7) is 0.241. The molecule has 90 valence electrons. The summed E-state index contributed by atoms with van der Waals surface area (Å²) in [4.78, 5) is 8.30. The molecular formula is C12H16N4O. The number of hydrogen-bond donors (Lipinski definition) is 2. The number of nitrogen functional groups attached to an aromatic ring is 1. The van der Waals surface area contributed by atoms with Crippen molar-refractivity contribution >= 4 is 16.9 Å². The van der Waals surface area contributed by atoms with Crippen LogP contribution in [0, 0.1) is 5.92 Å². The van der Waals surface area contributed by atoms with Crippen LogP contribution in [0.5, 0.6) is 0 Å². The van der Waals surface area contributed by atoms with E-state index in [0.717, 1.165) is 30.3 Å². The highest BCUT2D eigenvalue weighted by Gasteiger charge is 2.29. The minimum Gasteiger partial charge on any atom is -0.396 e. The van der Waals surface area contributed by atoms with Crippen molar-refractivity contribution in [3.8, 4) is 0 Å². The lowest BCUT2D eigenvalue weighted by molar-refractivity contribution is 0.197. The van der Waals surface area contributed by atoms with Crippen LogP contribution in [0.4, 0.5) is 5.82 Å². The molecule has 3 rings (SSSR count). The second-order valence-corrected chi connectivity index (χ2v) is 4.66. The van der Waals surface area contributed by atoms with Gasteiger partial charge in [0.2, 0.25) is 0 Å². The molecule has 5 heteroatoms. The molecule has 2 atom stereocenters. The molecule has 1 saturated carbocycles. The third-order valence-corrected chi connectivity index (χ3v) is 3.75. The Bertz CT molecular complexity index is 536. The first kappa shape index (κ1) is 10.5. The van der Waals surface area contributed by atoms with Gasteiger partial charge in [-0.05, 0) is 18.9 Å². The highest BCUT2D eigenvalue weighted by Crippen LogP contribution is 2.37. The van der Waals surface area contributed by atoms with Gasteiger partial charge >= 0.3 is 0 Å². The molecule has 1 fully saturated rings. The van der Waals surface area contributed by atoms with Gasteiger partial charge in [-0.15, -0.1) is 0 Å². The van der Waals surface area contributed by atoms with Crippen molar-refractivity contribution in [3.63, 3.8) is 0 Å². The van der Waals surface area contributed by atoms with Gasteiger partial charge in [0.25, 0.3) is 0 Å². The van der Waals surface area contributed by atoms with E-state index in [4.69, 9.17) is 5.73 Å². The minimum atomic E-state index is 0.241. The van der Waals surface area contributed by atoms with Gasteiger partial charge in [0.05, 0.1) is 5.39 Å². The fourth-order valence-electron chi connectivity index (χ4n) is 2.85. The number of aromatic nitrogens is 3. The number of nitrogens with two attached hydrogens (primary N) is 1. The summed E-state index contributed by atoms with van der Waals surface area (Å²) >= 11 is 0. The topological polar surface area (TPSA) is 77.0 Å². The first-order valence-electron chi connectivity index (χ1n) is 5.99. The van der Waals surface area contributed by atoms with Gasteiger partial charge in [0.15, 0.2) is 0 Å². The molecule has 2 heterocycles. The van der Waals surface area contributed by atoms with E-state index in [1.807, 2.05) is 12.3 Å². The van der Waals surface area contributed by atoms with Crippen LogP contribution in [0.25, 0.3) is 11.0 Å². The number of hydrogen-bond acceptors (Lipinski definition) is 4. The summed E-state index contributed by atoms with van der Waals surface area (Å²) in [6.07, 6.45) is 6.85.